The molecule has 0 aliphatic heterocycles. The van der Waals surface area contributed by atoms with E-state index in [9.17, 15) is 0 Å². The van der Waals surface area contributed by atoms with Gasteiger partial charge in [-0.15, -0.1) is 24.4 Å². The van der Waals surface area contributed by atoms with Crippen LogP contribution in [-0.4, -0.2) is 11.9 Å². The fourth-order valence-electron chi connectivity index (χ4n) is 1.09. The molecule has 1 rings (SSSR count). The van der Waals surface area contributed by atoms with E-state index in [1.54, 1.807) is 11.8 Å². The van der Waals surface area contributed by atoms with Crippen LogP contribution >= 0.6 is 24.4 Å². The molecule has 0 spiro atoms. The third-order valence-corrected chi connectivity index (χ3v) is 2.49. The molecule has 0 bridgehead atoms. The van der Waals surface area contributed by atoms with Crippen molar-refractivity contribution in [2.75, 3.05) is 6.26 Å². The molecule has 0 radical (unpaired) electrons. The largest absolute Gasteiger partial charge is 0.488 e. The summed E-state index contributed by atoms with van der Waals surface area (Å²) in [4.78, 5) is 2.12. The van der Waals surface area contributed by atoms with Gasteiger partial charge in [0, 0.05) is 9.79 Å². The summed E-state index contributed by atoms with van der Waals surface area (Å²) < 4.78 is 5.76. The summed E-state index contributed by atoms with van der Waals surface area (Å²) in [6, 6.07) is 6.01. The number of hydrogen-bond donors (Lipinski definition) is 1. The molecule has 1 aromatic rings. The van der Waals surface area contributed by atoms with Crippen molar-refractivity contribution in [3.8, 4) is 5.75 Å². The van der Waals surface area contributed by atoms with Crippen molar-refractivity contribution >= 4 is 24.4 Å². The molecule has 3 heteroatoms. The molecule has 14 heavy (non-hydrogen) atoms. The standard InChI is InChI=1S/C11H16OS2/c1-11(2,3)12-8-5-9(13)7-10(6-8)14-4/h5-7,13H,1-4H3. The average Bonchev–Trinajstić information content (AvgIpc) is 1.99. The van der Waals surface area contributed by atoms with E-state index in [-0.39, 0.29) is 5.60 Å². The van der Waals surface area contributed by atoms with Crippen molar-refractivity contribution in [2.45, 2.75) is 36.2 Å². The molecule has 78 valence electrons. The second kappa shape index (κ2) is 4.49. The average molecular weight is 228 g/mol. The topological polar surface area (TPSA) is 9.23 Å². The first-order valence-corrected chi connectivity index (χ1v) is 6.15. The highest BCUT2D eigenvalue weighted by Crippen LogP contribution is 2.27. The Bertz CT molecular complexity index is 316. The van der Waals surface area contributed by atoms with Crippen LogP contribution in [-0.2, 0) is 0 Å². The molecule has 0 N–H and O–H groups in total. The van der Waals surface area contributed by atoms with E-state index in [0.29, 0.717) is 0 Å². The van der Waals surface area contributed by atoms with Crippen LogP contribution in [0.3, 0.4) is 0 Å². The highest BCUT2D eigenvalue weighted by atomic mass is 32.2. The molecule has 0 fully saturated rings. The molecule has 0 saturated heterocycles. The van der Waals surface area contributed by atoms with E-state index < -0.39 is 0 Å². The summed E-state index contributed by atoms with van der Waals surface area (Å²) in [6.07, 6.45) is 2.05. The summed E-state index contributed by atoms with van der Waals surface area (Å²) in [5, 5.41) is 0. The first kappa shape index (κ1) is 11.8. The summed E-state index contributed by atoms with van der Waals surface area (Å²) in [6.45, 7) is 6.12. The molecule has 0 aromatic heterocycles. The molecule has 0 aliphatic rings. The highest BCUT2D eigenvalue weighted by Gasteiger charge is 2.12. The van der Waals surface area contributed by atoms with E-state index >= 15 is 0 Å². The zero-order chi connectivity index (χ0) is 10.8. The van der Waals surface area contributed by atoms with Crippen molar-refractivity contribution in [1.82, 2.24) is 0 Å². The Hall–Kier alpha value is -0.280. The highest BCUT2D eigenvalue weighted by molar-refractivity contribution is 7.98. The van der Waals surface area contributed by atoms with Crippen LogP contribution < -0.4 is 4.74 Å². The second-order valence-corrected chi connectivity index (χ2v) is 5.48. The normalized spacial score (nSPS) is 11.5. The molecular formula is C11H16OS2. The third kappa shape index (κ3) is 3.84. The molecule has 0 aliphatic carbocycles. The van der Waals surface area contributed by atoms with Gasteiger partial charge in [-0.25, -0.2) is 0 Å². The van der Waals surface area contributed by atoms with Crippen LogP contribution in [0.15, 0.2) is 28.0 Å². The monoisotopic (exact) mass is 228 g/mol. The molecule has 0 unspecified atom stereocenters. The van der Waals surface area contributed by atoms with Gasteiger partial charge in [0.25, 0.3) is 0 Å². The molecule has 0 amide bonds. The van der Waals surface area contributed by atoms with Gasteiger partial charge in [-0.1, -0.05) is 0 Å². The molecule has 1 aromatic carbocycles. The lowest BCUT2D eigenvalue weighted by Gasteiger charge is -2.21. The Labute approximate surface area is 95.6 Å². The predicted octanol–water partition coefficient (Wildman–Crippen LogP) is 3.87. The van der Waals surface area contributed by atoms with Crippen LogP contribution in [0.5, 0.6) is 5.75 Å². The van der Waals surface area contributed by atoms with Gasteiger partial charge < -0.3 is 4.74 Å². The fraction of sp³-hybridized carbons (Fsp3) is 0.455. The third-order valence-electron chi connectivity index (χ3n) is 1.52. The van der Waals surface area contributed by atoms with Crippen LogP contribution in [0, 0.1) is 0 Å². The summed E-state index contributed by atoms with van der Waals surface area (Å²) in [7, 11) is 0. The predicted molar refractivity (Wildman–Crippen MR) is 65.9 cm³/mol. The second-order valence-electron chi connectivity index (χ2n) is 4.08. The minimum Gasteiger partial charge on any atom is -0.488 e. The molecular weight excluding hydrogens is 212 g/mol. The quantitative estimate of drug-likeness (QED) is 0.608. The number of thioether (sulfide) groups is 1. The number of rotatable bonds is 2. The smallest absolute Gasteiger partial charge is 0.122 e. The van der Waals surface area contributed by atoms with Crippen LogP contribution in [0.1, 0.15) is 20.8 Å². The fourth-order valence-corrected chi connectivity index (χ4v) is 1.92. The van der Waals surface area contributed by atoms with Crippen molar-refractivity contribution in [3.63, 3.8) is 0 Å². The minimum atomic E-state index is -0.156. The van der Waals surface area contributed by atoms with Gasteiger partial charge in [0.2, 0.25) is 0 Å². The van der Waals surface area contributed by atoms with Crippen molar-refractivity contribution in [2.24, 2.45) is 0 Å². The van der Waals surface area contributed by atoms with Gasteiger partial charge in [-0.2, -0.15) is 0 Å². The summed E-state index contributed by atoms with van der Waals surface area (Å²) in [5.74, 6) is 0.884. The van der Waals surface area contributed by atoms with Gasteiger partial charge >= 0.3 is 0 Å². The molecule has 1 nitrogen and oxygen atoms in total. The lowest BCUT2D eigenvalue weighted by atomic mass is 10.2. The van der Waals surface area contributed by atoms with Crippen molar-refractivity contribution in [1.29, 1.82) is 0 Å². The Morgan fingerprint density at radius 3 is 2.36 bits per heavy atom. The van der Waals surface area contributed by atoms with Crippen LogP contribution in [0.2, 0.25) is 0 Å². The number of hydrogen-bond acceptors (Lipinski definition) is 3. The number of thiol groups is 1. The van der Waals surface area contributed by atoms with Crippen LogP contribution in [0.4, 0.5) is 0 Å². The maximum absolute atomic E-state index is 5.76. The van der Waals surface area contributed by atoms with E-state index in [1.807, 2.05) is 45.2 Å². The van der Waals surface area contributed by atoms with Gasteiger partial charge in [0.15, 0.2) is 0 Å². The number of benzene rings is 1. The molecule has 0 saturated carbocycles. The van der Waals surface area contributed by atoms with E-state index in [2.05, 4.69) is 12.6 Å². The SMILES string of the molecule is CSc1cc(S)cc(OC(C)(C)C)c1. The first-order valence-electron chi connectivity index (χ1n) is 4.48. The molecule has 0 heterocycles. The Morgan fingerprint density at radius 1 is 1.21 bits per heavy atom. The van der Waals surface area contributed by atoms with Gasteiger partial charge in [-0.3, -0.25) is 0 Å². The lowest BCUT2D eigenvalue weighted by Crippen LogP contribution is -2.22. The van der Waals surface area contributed by atoms with E-state index in [0.717, 1.165) is 10.6 Å². The maximum Gasteiger partial charge on any atom is 0.122 e. The lowest BCUT2D eigenvalue weighted by molar-refractivity contribution is 0.130. The molecule has 0 atom stereocenters. The van der Waals surface area contributed by atoms with E-state index in [4.69, 9.17) is 4.74 Å². The summed E-state index contributed by atoms with van der Waals surface area (Å²) >= 11 is 6.03. The Kier molecular flexibility index (Phi) is 3.78. The Morgan fingerprint density at radius 2 is 1.86 bits per heavy atom. The van der Waals surface area contributed by atoms with Crippen LogP contribution in [0.25, 0.3) is 0 Å². The zero-order valence-electron chi connectivity index (χ0n) is 9.00. The van der Waals surface area contributed by atoms with E-state index in [1.165, 1.54) is 4.90 Å². The summed E-state index contributed by atoms with van der Waals surface area (Å²) in [5.41, 5.74) is -0.156. The minimum absolute atomic E-state index is 0.156. The maximum atomic E-state index is 5.76. The first-order chi connectivity index (χ1) is 6.40. The Balaban J connectivity index is 2.92. The zero-order valence-corrected chi connectivity index (χ0v) is 10.7. The van der Waals surface area contributed by atoms with Crippen molar-refractivity contribution in [3.05, 3.63) is 18.2 Å². The van der Waals surface area contributed by atoms with Gasteiger partial charge in [-0.05, 0) is 45.2 Å². The van der Waals surface area contributed by atoms with Gasteiger partial charge in [0.1, 0.15) is 11.4 Å². The van der Waals surface area contributed by atoms with Gasteiger partial charge in [0.05, 0.1) is 0 Å². The van der Waals surface area contributed by atoms with Crippen molar-refractivity contribution < 1.29 is 4.74 Å². The number of ether oxygens (including phenoxy) is 1.